The predicted molar refractivity (Wildman–Crippen MR) is 62.2 cm³/mol. The molecule has 1 atom stereocenters. The Kier molecular flexibility index (Phi) is 3.94. The van der Waals surface area contributed by atoms with Crippen LogP contribution in [0.25, 0.3) is 0 Å². The van der Waals surface area contributed by atoms with E-state index in [1.54, 1.807) is 12.1 Å². The van der Waals surface area contributed by atoms with Crippen LogP contribution in [0.5, 0.6) is 5.75 Å². The summed E-state index contributed by atoms with van der Waals surface area (Å²) >= 11 is 0. The number of hydrogen-bond acceptors (Lipinski definition) is 2. The Morgan fingerprint density at radius 3 is 2.53 bits per heavy atom. The molecule has 1 aliphatic carbocycles. The molecule has 17 heavy (non-hydrogen) atoms. The van der Waals surface area contributed by atoms with Crippen molar-refractivity contribution in [3.8, 4) is 5.75 Å². The van der Waals surface area contributed by atoms with Crippen molar-refractivity contribution in [1.82, 2.24) is 5.32 Å². The van der Waals surface area contributed by atoms with Crippen molar-refractivity contribution >= 4 is 0 Å². The van der Waals surface area contributed by atoms with Gasteiger partial charge < -0.3 is 10.1 Å². The fraction of sp³-hybridized carbons (Fsp3) is 0.538. The van der Waals surface area contributed by atoms with Gasteiger partial charge in [0.1, 0.15) is 5.75 Å². The Hall–Kier alpha value is -1.16. The highest BCUT2D eigenvalue weighted by molar-refractivity contribution is 5.36. The quantitative estimate of drug-likeness (QED) is 0.853. The normalized spacial score (nSPS) is 17.9. The van der Waals surface area contributed by atoms with Crippen molar-refractivity contribution < 1.29 is 13.5 Å². The number of benzene rings is 1. The van der Waals surface area contributed by atoms with Crippen molar-refractivity contribution in [2.75, 3.05) is 7.05 Å². The first-order valence-electron chi connectivity index (χ1n) is 5.93. The Labute approximate surface area is 100.0 Å². The Morgan fingerprint density at radius 2 is 2.00 bits per heavy atom. The molecule has 1 unspecified atom stereocenters. The minimum atomic E-state index is -2.77. The van der Waals surface area contributed by atoms with Gasteiger partial charge in [-0.1, -0.05) is 24.6 Å². The second-order valence-electron chi connectivity index (χ2n) is 4.37. The molecule has 1 aromatic rings. The maximum absolute atomic E-state index is 12.3. The van der Waals surface area contributed by atoms with E-state index in [2.05, 4.69) is 10.1 Å². The highest BCUT2D eigenvalue weighted by Gasteiger charge is 2.29. The molecule has 0 aromatic heterocycles. The lowest BCUT2D eigenvalue weighted by molar-refractivity contribution is -0.0510. The lowest BCUT2D eigenvalue weighted by Gasteiger charge is -2.34. The van der Waals surface area contributed by atoms with E-state index >= 15 is 0 Å². The van der Waals surface area contributed by atoms with Crippen LogP contribution in [0.1, 0.15) is 30.9 Å². The van der Waals surface area contributed by atoms with Gasteiger partial charge in [0.15, 0.2) is 0 Å². The summed E-state index contributed by atoms with van der Waals surface area (Å²) in [5, 5.41) is 3.21. The van der Waals surface area contributed by atoms with Crippen molar-refractivity contribution in [1.29, 1.82) is 0 Å². The Bertz CT molecular complexity index is 366. The first-order chi connectivity index (χ1) is 8.22. The van der Waals surface area contributed by atoms with Crippen molar-refractivity contribution in [3.05, 3.63) is 29.8 Å². The molecule has 1 saturated carbocycles. The van der Waals surface area contributed by atoms with Gasteiger partial charge >= 0.3 is 6.61 Å². The molecule has 0 aliphatic heterocycles. The first-order valence-corrected chi connectivity index (χ1v) is 5.93. The predicted octanol–water partition coefficient (Wildman–Crippen LogP) is 3.35. The van der Waals surface area contributed by atoms with Crippen LogP contribution in [-0.4, -0.2) is 13.7 Å². The van der Waals surface area contributed by atoms with Crippen molar-refractivity contribution in [2.24, 2.45) is 5.92 Å². The van der Waals surface area contributed by atoms with Gasteiger partial charge in [0.2, 0.25) is 0 Å². The van der Waals surface area contributed by atoms with E-state index in [4.69, 9.17) is 0 Å². The summed E-state index contributed by atoms with van der Waals surface area (Å²) in [4.78, 5) is 0. The number of nitrogens with one attached hydrogen (secondary N) is 1. The molecule has 94 valence electrons. The molecule has 0 saturated heterocycles. The Balaban J connectivity index is 2.22. The molecule has 1 aliphatic rings. The highest BCUT2D eigenvalue weighted by atomic mass is 19.3. The number of halogens is 2. The number of para-hydroxylation sites is 1. The fourth-order valence-corrected chi connectivity index (χ4v) is 2.36. The van der Waals surface area contributed by atoms with Crippen molar-refractivity contribution in [2.45, 2.75) is 31.9 Å². The molecule has 0 heterocycles. The van der Waals surface area contributed by atoms with Crippen LogP contribution in [-0.2, 0) is 0 Å². The molecule has 1 aromatic carbocycles. The lowest BCUT2D eigenvalue weighted by atomic mass is 9.77. The third-order valence-electron chi connectivity index (χ3n) is 3.40. The van der Waals surface area contributed by atoms with Crippen LogP contribution >= 0.6 is 0 Å². The number of ether oxygens (including phenoxy) is 1. The van der Waals surface area contributed by atoms with Gasteiger partial charge in [0, 0.05) is 11.6 Å². The molecular weight excluding hydrogens is 224 g/mol. The molecule has 2 rings (SSSR count). The van der Waals surface area contributed by atoms with Gasteiger partial charge in [-0.3, -0.25) is 0 Å². The van der Waals surface area contributed by atoms with Gasteiger partial charge in [-0.2, -0.15) is 8.78 Å². The zero-order chi connectivity index (χ0) is 12.3. The van der Waals surface area contributed by atoms with Gasteiger partial charge in [-0.15, -0.1) is 0 Å². The van der Waals surface area contributed by atoms with Gasteiger partial charge in [0.25, 0.3) is 0 Å². The summed E-state index contributed by atoms with van der Waals surface area (Å²) in [5.41, 5.74) is 0.833. The topological polar surface area (TPSA) is 21.3 Å². The van der Waals surface area contributed by atoms with E-state index in [0.29, 0.717) is 5.92 Å². The fourth-order valence-electron chi connectivity index (χ4n) is 2.36. The third-order valence-corrected chi connectivity index (χ3v) is 3.40. The van der Waals surface area contributed by atoms with Crippen LogP contribution < -0.4 is 10.1 Å². The minimum Gasteiger partial charge on any atom is -0.434 e. The highest BCUT2D eigenvalue weighted by Crippen LogP contribution is 2.40. The molecule has 0 radical (unpaired) electrons. The summed E-state index contributed by atoms with van der Waals surface area (Å²) in [6, 6.07) is 7.14. The molecule has 4 heteroatoms. The Morgan fingerprint density at radius 1 is 1.29 bits per heavy atom. The molecular formula is C13H17F2NO. The monoisotopic (exact) mass is 241 g/mol. The second kappa shape index (κ2) is 5.45. The van der Waals surface area contributed by atoms with Gasteiger partial charge in [0.05, 0.1) is 0 Å². The summed E-state index contributed by atoms with van der Waals surface area (Å²) < 4.78 is 29.2. The number of rotatable bonds is 5. The average molecular weight is 241 g/mol. The summed E-state index contributed by atoms with van der Waals surface area (Å²) in [6.45, 7) is -2.77. The number of alkyl halides is 2. The largest absolute Gasteiger partial charge is 0.434 e. The van der Waals surface area contributed by atoms with E-state index < -0.39 is 6.61 Å². The maximum atomic E-state index is 12.3. The smallest absolute Gasteiger partial charge is 0.387 e. The van der Waals surface area contributed by atoms with Crippen molar-refractivity contribution in [3.63, 3.8) is 0 Å². The van der Waals surface area contributed by atoms with Crippen LogP contribution in [0.15, 0.2) is 24.3 Å². The average Bonchev–Trinajstić information content (AvgIpc) is 2.23. The van der Waals surface area contributed by atoms with E-state index in [-0.39, 0.29) is 11.8 Å². The number of hydrogen-bond donors (Lipinski definition) is 1. The lowest BCUT2D eigenvalue weighted by Crippen LogP contribution is -2.30. The third kappa shape index (κ3) is 2.75. The van der Waals surface area contributed by atoms with Crippen LogP contribution in [0.2, 0.25) is 0 Å². The van der Waals surface area contributed by atoms with E-state index in [0.717, 1.165) is 18.4 Å². The summed E-state index contributed by atoms with van der Waals surface area (Å²) in [5.74, 6) is 0.816. The standard InChI is InChI=1S/C13H17F2NO/c1-16-12(9-5-4-6-9)10-7-2-3-8-11(10)17-13(14)15/h2-3,7-9,12-13,16H,4-6H2,1H3. The SMILES string of the molecule is CNC(c1ccccc1OC(F)F)C1CCC1. The van der Waals surface area contributed by atoms with Crippen LogP contribution in [0.4, 0.5) is 8.78 Å². The van der Waals surface area contributed by atoms with E-state index in [1.807, 2.05) is 19.2 Å². The molecule has 0 spiro atoms. The zero-order valence-corrected chi connectivity index (χ0v) is 9.83. The summed E-state index contributed by atoms with van der Waals surface area (Å²) in [6.07, 6.45) is 3.52. The van der Waals surface area contributed by atoms with Crippen LogP contribution in [0.3, 0.4) is 0 Å². The zero-order valence-electron chi connectivity index (χ0n) is 9.83. The molecule has 0 bridgehead atoms. The van der Waals surface area contributed by atoms with Crippen LogP contribution in [0, 0.1) is 5.92 Å². The first kappa shape index (κ1) is 12.3. The molecule has 1 fully saturated rings. The van der Waals surface area contributed by atoms with Gasteiger partial charge in [-0.25, -0.2) is 0 Å². The molecule has 1 N–H and O–H groups in total. The van der Waals surface area contributed by atoms with E-state index in [1.165, 1.54) is 6.42 Å². The van der Waals surface area contributed by atoms with E-state index in [9.17, 15) is 8.78 Å². The minimum absolute atomic E-state index is 0.110. The second-order valence-corrected chi connectivity index (χ2v) is 4.37. The molecule has 2 nitrogen and oxygen atoms in total. The summed E-state index contributed by atoms with van der Waals surface area (Å²) in [7, 11) is 1.86. The molecule has 0 amide bonds. The maximum Gasteiger partial charge on any atom is 0.387 e. The van der Waals surface area contributed by atoms with Gasteiger partial charge in [-0.05, 0) is 31.9 Å².